The van der Waals surface area contributed by atoms with Gasteiger partial charge in [-0.3, -0.25) is 20.0 Å². The van der Waals surface area contributed by atoms with E-state index in [4.69, 9.17) is 10.4 Å². The van der Waals surface area contributed by atoms with Crippen molar-refractivity contribution in [1.82, 2.24) is 10.1 Å². The van der Waals surface area contributed by atoms with E-state index in [0.717, 1.165) is 32.4 Å². The Kier molecular flexibility index (Phi) is 4.51. The second-order valence-electron chi connectivity index (χ2n) is 3.62. The summed E-state index contributed by atoms with van der Waals surface area (Å²) in [7, 11) is 0. The molecular weight excluding hydrogens is 200 g/mol. The summed E-state index contributed by atoms with van der Waals surface area (Å²) in [5, 5.41) is 16.2. The van der Waals surface area contributed by atoms with Crippen molar-refractivity contribution < 1.29 is 20.0 Å². The highest BCUT2D eigenvalue weighted by atomic mass is 16.8. The van der Waals surface area contributed by atoms with Gasteiger partial charge in [0.25, 0.3) is 5.91 Å². The quantitative estimate of drug-likeness (QED) is 0.528. The van der Waals surface area contributed by atoms with Crippen molar-refractivity contribution in [1.29, 1.82) is 0 Å². The van der Waals surface area contributed by atoms with Crippen molar-refractivity contribution in [2.75, 3.05) is 13.1 Å². The van der Waals surface area contributed by atoms with Gasteiger partial charge in [-0.1, -0.05) is 5.23 Å². The van der Waals surface area contributed by atoms with Crippen LogP contribution in [0.25, 0.3) is 0 Å². The lowest BCUT2D eigenvalue weighted by atomic mass is 10.1. The van der Waals surface area contributed by atoms with Crippen molar-refractivity contribution in [3.8, 4) is 0 Å². The number of hydroxylamine groups is 2. The summed E-state index contributed by atoms with van der Waals surface area (Å²) < 4.78 is 0. The molecule has 1 saturated heterocycles. The van der Waals surface area contributed by atoms with E-state index < -0.39 is 11.1 Å². The van der Waals surface area contributed by atoms with Gasteiger partial charge in [-0.15, -0.1) is 0 Å². The molecule has 0 saturated carbocycles. The number of carbonyl (C=O) groups is 2. The molecule has 0 bridgehead atoms. The molecule has 2 N–H and O–H groups in total. The SMILES string of the molecule is O=C(CCC(=O)N1CCCCC1)N(O)O. The minimum Gasteiger partial charge on any atom is -0.343 e. The molecule has 2 amide bonds. The predicted molar refractivity (Wildman–Crippen MR) is 50.1 cm³/mol. The van der Waals surface area contributed by atoms with Crippen LogP contribution in [0.5, 0.6) is 0 Å². The molecule has 1 fully saturated rings. The van der Waals surface area contributed by atoms with Crippen molar-refractivity contribution in [3.05, 3.63) is 0 Å². The number of nitrogens with zero attached hydrogens (tertiary/aromatic N) is 2. The average molecular weight is 216 g/mol. The zero-order valence-corrected chi connectivity index (χ0v) is 8.56. The largest absolute Gasteiger partial charge is 0.343 e. The molecule has 6 nitrogen and oxygen atoms in total. The fourth-order valence-electron chi connectivity index (χ4n) is 1.62. The molecule has 0 aromatic carbocycles. The first-order valence-electron chi connectivity index (χ1n) is 5.10. The van der Waals surface area contributed by atoms with Crippen LogP contribution in [-0.4, -0.2) is 45.4 Å². The summed E-state index contributed by atoms with van der Waals surface area (Å²) in [6.45, 7) is 1.49. The van der Waals surface area contributed by atoms with Crippen LogP contribution in [-0.2, 0) is 9.59 Å². The second kappa shape index (κ2) is 5.67. The number of carbonyl (C=O) groups excluding carboxylic acids is 2. The topological polar surface area (TPSA) is 81.1 Å². The van der Waals surface area contributed by atoms with Crippen molar-refractivity contribution in [2.24, 2.45) is 0 Å². The predicted octanol–water partition coefficient (Wildman–Crippen LogP) is 0.386. The Balaban J connectivity index is 2.26. The first-order chi connectivity index (χ1) is 7.11. The summed E-state index contributed by atoms with van der Waals surface area (Å²) >= 11 is 0. The highest BCUT2D eigenvalue weighted by Gasteiger charge is 2.18. The third-order valence-corrected chi connectivity index (χ3v) is 2.48. The smallest absolute Gasteiger partial charge is 0.273 e. The van der Waals surface area contributed by atoms with Crippen LogP contribution in [0.2, 0.25) is 0 Å². The lowest BCUT2D eigenvalue weighted by Gasteiger charge is -2.26. The monoisotopic (exact) mass is 216 g/mol. The molecule has 0 aromatic heterocycles. The maximum absolute atomic E-state index is 11.5. The van der Waals surface area contributed by atoms with Gasteiger partial charge < -0.3 is 4.90 Å². The van der Waals surface area contributed by atoms with E-state index in [2.05, 4.69) is 0 Å². The zero-order valence-electron chi connectivity index (χ0n) is 8.56. The summed E-state index contributed by atoms with van der Waals surface area (Å²) in [6.07, 6.45) is 3.03. The van der Waals surface area contributed by atoms with Gasteiger partial charge in [0.15, 0.2) is 0 Å². The first-order valence-corrected chi connectivity index (χ1v) is 5.10. The van der Waals surface area contributed by atoms with Crippen LogP contribution in [0, 0.1) is 0 Å². The van der Waals surface area contributed by atoms with Gasteiger partial charge in [0.2, 0.25) is 5.91 Å². The Labute approximate surface area is 88.0 Å². The van der Waals surface area contributed by atoms with Crippen molar-refractivity contribution in [2.45, 2.75) is 32.1 Å². The molecule has 1 rings (SSSR count). The van der Waals surface area contributed by atoms with Crippen LogP contribution >= 0.6 is 0 Å². The van der Waals surface area contributed by atoms with Gasteiger partial charge in [0.05, 0.1) is 0 Å². The Morgan fingerprint density at radius 2 is 1.67 bits per heavy atom. The van der Waals surface area contributed by atoms with Gasteiger partial charge in [0.1, 0.15) is 0 Å². The molecule has 0 atom stereocenters. The molecule has 15 heavy (non-hydrogen) atoms. The van der Waals surface area contributed by atoms with Crippen LogP contribution in [0.1, 0.15) is 32.1 Å². The summed E-state index contributed by atoms with van der Waals surface area (Å²) in [6, 6.07) is 0. The minimum atomic E-state index is -0.861. The fourth-order valence-corrected chi connectivity index (χ4v) is 1.62. The first kappa shape index (κ1) is 11.9. The van der Waals surface area contributed by atoms with E-state index in [1.54, 1.807) is 4.90 Å². The maximum Gasteiger partial charge on any atom is 0.273 e. The van der Waals surface area contributed by atoms with Crippen LogP contribution in [0.15, 0.2) is 0 Å². The van der Waals surface area contributed by atoms with E-state index in [-0.39, 0.29) is 18.7 Å². The molecule has 0 unspecified atom stereocenters. The highest BCUT2D eigenvalue weighted by Crippen LogP contribution is 2.10. The molecule has 0 aliphatic carbocycles. The van der Waals surface area contributed by atoms with Gasteiger partial charge in [-0.2, -0.15) is 0 Å². The Hall–Kier alpha value is -1.14. The molecular formula is C9H16N2O4. The van der Waals surface area contributed by atoms with Crippen LogP contribution < -0.4 is 0 Å². The standard InChI is InChI=1S/C9H16N2O4/c12-8(4-5-9(13)11(14)15)10-6-2-1-3-7-10/h14-15H,1-7H2. The van der Waals surface area contributed by atoms with Gasteiger partial charge in [-0.25, -0.2) is 0 Å². The number of hydrogen-bond donors (Lipinski definition) is 2. The minimum absolute atomic E-state index is 0.0381. The molecule has 1 aliphatic rings. The van der Waals surface area contributed by atoms with Crippen LogP contribution in [0.3, 0.4) is 0 Å². The fraction of sp³-hybridized carbons (Fsp3) is 0.778. The Morgan fingerprint density at radius 1 is 1.07 bits per heavy atom. The van der Waals surface area contributed by atoms with Crippen LogP contribution in [0.4, 0.5) is 0 Å². The normalized spacial score (nSPS) is 16.3. The molecule has 0 aromatic rings. The van der Waals surface area contributed by atoms with E-state index in [1.807, 2.05) is 0 Å². The number of amides is 2. The maximum atomic E-state index is 11.5. The molecule has 0 spiro atoms. The van der Waals surface area contributed by atoms with Gasteiger partial charge in [0, 0.05) is 25.9 Å². The van der Waals surface area contributed by atoms with E-state index in [9.17, 15) is 9.59 Å². The molecule has 6 heteroatoms. The van der Waals surface area contributed by atoms with Crippen molar-refractivity contribution >= 4 is 11.8 Å². The van der Waals surface area contributed by atoms with Crippen molar-refractivity contribution in [3.63, 3.8) is 0 Å². The van der Waals surface area contributed by atoms with Gasteiger partial charge in [-0.05, 0) is 19.3 Å². The Morgan fingerprint density at radius 3 is 2.20 bits per heavy atom. The molecule has 0 radical (unpaired) electrons. The number of hydrogen-bond acceptors (Lipinski definition) is 4. The lowest BCUT2D eigenvalue weighted by Crippen LogP contribution is -2.36. The number of likely N-dealkylation sites (tertiary alicyclic amines) is 1. The molecule has 1 aliphatic heterocycles. The lowest BCUT2D eigenvalue weighted by molar-refractivity contribution is -0.285. The third kappa shape index (κ3) is 3.85. The highest BCUT2D eigenvalue weighted by molar-refractivity contribution is 5.82. The summed E-state index contributed by atoms with van der Waals surface area (Å²) in [5.41, 5.74) is 0. The summed E-state index contributed by atoms with van der Waals surface area (Å²) in [5.74, 6) is -0.953. The molecule has 86 valence electrons. The second-order valence-corrected chi connectivity index (χ2v) is 3.62. The van der Waals surface area contributed by atoms with E-state index in [0.29, 0.717) is 0 Å². The number of rotatable bonds is 3. The zero-order chi connectivity index (χ0) is 11.3. The van der Waals surface area contributed by atoms with E-state index in [1.165, 1.54) is 0 Å². The van der Waals surface area contributed by atoms with Gasteiger partial charge >= 0.3 is 0 Å². The summed E-state index contributed by atoms with van der Waals surface area (Å²) in [4.78, 5) is 24.0. The van der Waals surface area contributed by atoms with E-state index >= 15 is 0 Å². The average Bonchev–Trinajstić information content (AvgIpc) is 2.26. The number of piperidine rings is 1. The molecule has 1 heterocycles. The Bertz CT molecular complexity index is 236. The third-order valence-electron chi connectivity index (χ3n) is 2.48.